The molecule has 2 heterocycles. The molecule has 3 nitrogen and oxygen atoms in total. The molecule has 0 spiro atoms. The molecule has 2 atom stereocenters. The molecule has 0 bridgehead atoms. The van der Waals surface area contributed by atoms with Gasteiger partial charge in [-0.2, -0.15) is 0 Å². The van der Waals surface area contributed by atoms with Crippen LogP contribution in [0.4, 0.5) is 0 Å². The van der Waals surface area contributed by atoms with Crippen LogP contribution < -0.4 is 0 Å². The van der Waals surface area contributed by atoms with Crippen molar-refractivity contribution in [3.05, 3.63) is 60.0 Å². The molecule has 3 rings (SSSR count). The fraction of sp³-hybridized carbons (Fsp3) is 0.294. The van der Waals surface area contributed by atoms with Crippen LogP contribution in [0.2, 0.25) is 0 Å². The van der Waals surface area contributed by atoms with Gasteiger partial charge in [0.25, 0.3) is 0 Å². The van der Waals surface area contributed by atoms with E-state index in [2.05, 4.69) is 45.7 Å². The maximum absolute atomic E-state index is 6.30. The molecule has 108 valence electrons. The second-order valence-corrected chi connectivity index (χ2v) is 6.01. The summed E-state index contributed by atoms with van der Waals surface area (Å²) >= 11 is 6.30. The minimum Gasteiger partial charge on any atom is -0.311 e. The molecule has 0 aliphatic carbocycles. The van der Waals surface area contributed by atoms with Gasteiger partial charge in [-0.05, 0) is 30.5 Å². The van der Waals surface area contributed by atoms with Crippen molar-refractivity contribution >= 4 is 22.8 Å². The van der Waals surface area contributed by atoms with Crippen molar-refractivity contribution in [2.24, 2.45) is 0 Å². The summed E-state index contributed by atoms with van der Waals surface area (Å²) in [5.41, 5.74) is 3.12. The molecule has 21 heavy (non-hydrogen) atoms. The molecule has 0 aliphatic rings. The molecule has 0 amide bonds. The first-order valence-corrected chi connectivity index (χ1v) is 7.60. The Morgan fingerprint density at radius 3 is 2.57 bits per heavy atom. The van der Waals surface area contributed by atoms with Crippen LogP contribution in [0.25, 0.3) is 11.2 Å². The summed E-state index contributed by atoms with van der Waals surface area (Å²) in [6.45, 7) is 4.99. The second-order valence-electron chi connectivity index (χ2n) is 5.35. The Morgan fingerprint density at radius 1 is 1.10 bits per heavy atom. The third kappa shape index (κ3) is 2.79. The number of pyridine rings is 1. The zero-order chi connectivity index (χ0) is 14.8. The summed E-state index contributed by atoms with van der Waals surface area (Å²) in [6, 6.07) is 14.4. The topological polar surface area (TPSA) is 30.7 Å². The van der Waals surface area contributed by atoms with Crippen LogP contribution in [-0.4, -0.2) is 14.5 Å². The van der Waals surface area contributed by atoms with Crippen molar-refractivity contribution in [3.8, 4) is 0 Å². The molecule has 0 N–H and O–H groups in total. The first-order chi connectivity index (χ1) is 10.2. The predicted molar refractivity (Wildman–Crippen MR) is 86.7 cm³/mol. The quantitative estimate of drug-likeness (QED) is 0.662. The van der Waals surface area contributed by atoms with E-state index in [4.69, 9.17) is 11.6 Å². The van der Waals surface area contributed by atoms with Crippen LogP contribution in [-0.2, 0) is 6.54 Å². The molecule has 1 aromatic carbocycles. The Labute approximate surface area is 129 Å². The summed E-state index contributed by atoms with van der Waals surface area (Å²) in [7, 11) is 0. The molecule has 0 aliphatic heterocycles. The highest BCUT2D eigenvalue weighted by Crippen LogP contribution is 2.26. The van der Waals surface area contributed by atoms with Crippen LogP contribution in [0.15, 0.2) is 48.7 Å². The molecular weight excluding hydrogens is 282 g/mol. The molecule has 4 heteroatoms. The molecular formula is C17H18ClN3. The fourth-order valence-corrected chi connectivity index (χ4v) is 2.79. The van der Waals surface area contributed by atoms with E-state index < -0.39 is 0 Å². The van der Waals surface area contributed by atoms with Gasteiger partial charge < -0.3 is 4.57 Å². The van der Waals surface area contributed by atoms with E-state index in [9.17, 15) is 0 Å². The van der Waals surface area contributed by atoms with Crippen molar-refractivity contribution in [1.82, 2.24) is 14.5 Å². The zero-order valence-corrected chi connectivity index (χ0v) is 13.0. The summed E-state index contributed by atoms with van der Waals surface area (Å²) in [6.07, 6.45) is 1.80. The van der Waals surface area contributed by atoms with Crippen molar-refractivity contribution in [3.63, 3.8) is 0 Å². The molecule has 0 fully saturated rings. The van der Waals surface area contributed by atoms with Crippen LogP contribution >= 0.6 is 11.6 Å². The monoisotopic (exact) mass is 299 g/mol. The average molecular weight is 300 g/mol. The maximum atomic E-state index is 6.30. The minimum absolute atomic E-state index is 0.137. The van der Waals surface area contributed by atoms with Crippen molar-refractivity contribution in [2.75, 3.05) is 0 Å². The van der Waals surface area contributed by atoms with Gasteiger partial charge in [0.15, 0.2) is 5.65 Å². The van der Waals surface area contributed by atoms with Gasteiger partial charge in [0.2, 0.25) is 0 Å². The van der Waals surface area contributed by atoms with E-state index in [-0.39, 0.29) is 5.38 Å². The molecule has 3 aromatic rings. The van der Waals surface area contributed by atoms with E-state index >= 15 is 0 Å². The third-order valence-electron chi connectivity index (χ3n) is 3.71. The van der Waals surface area contributed by atoms with Crippen molar-refractivity contribution in [2.45, 2.75) is 31.7 Å². The Balaban J connectivity index is 2.01. The van der Waals surface area contributed by atoms with Gasteiger partial charge >= 0.3 is 0 Å². The Bertz CT molecular complexity index is 734. The van der Waals surface area contributed by atoms with Gasteiger partial charge in [-0.1, -0.05) is 37.3 Å². The lowest BCUT2D eigenvalue weighted by molar-refractivity contribution is 0.582. The van der Waals surface area contributed by atoms with E-state index in [1.807, 2.05) is 25.1 Å². The summed E-state index contributed by atoms with van der Waals surface area (Å²) in [5.74, 6) is 1.26. The van der Waals surface area contributed by atoms with Crippen LogP contribution in [0.1, 0.15) is 36.5 Å². The standard InChI is InChI=1S/C17H18ClN3/c1-12(14-7-4-3-5-8-14)11-21-16(13(2)18)20-15-9-6-10-19-17(15)21/h3-10,12-13H,11H2,1-2H3. The van der Waals surface area contributed by atoms with Gasteiger partial charge in [-0.15, -0.1) is 11.6 Å². The highest BCUT2D eigenvalue weighted by Gasteiger charge is 2.17. The number of fused-ring (bicyclic) bond motifs is 1. The van der Waals surface area contributed by atoms with Gasteiger partial charge in [0.05, 0.1) is 5.38 Å². The van der Waals surface area contributed by atoms with E-state index in [0.29, 0.717) is 5.92 Å². The molecule has 0 saturated heterocycles. The summed E-state index contributed by atoms with van der Waals surface area (Å²) < 4.78 is 2.14. The van der Waals surface area contributed by atoms with E-state index in [1.54, 1.807) is 6.20 Å². The van der Waals surface area contributed by atoms with Crippen LogP contribution in [0.5, 0.6) is 0 Å². The van der Waals surface area contributed by atoms with Gasteiger partial charge in [-0.3, -0.25) is 0 Å². The average Bonchev–Trinajstić information content (AvgIpc) is 2.87. The maximum Gasteiger partial charge on any atom is 0.160 e. The normalized spacial score (nSPS) is 14.2. The Kier molecular flexibility index (Phi) is 3.93. The molecule has 2 unspecified atom stereocenters. The lowest BCUT2D eigenvalue weighted by Crippen LogP contribution is -2.10. The molecule has 0 radical (unpaired) electrons. The number of hydrogen-bond donors (Lipinski definition) is 0. The number of halogens is 1. The second kappa shape index (κ2) is 5.86. The highest BCUT2D eigenvalue weighted by atomic mass is 35.5. The first kappa shape index (κ1) is 14.1. The van der Waals surface area contributed by atoms with Crippen molar-refractivity contribution in [1.29, 1.82) is 0 Å². The zero-order valence-electron chi connectivity index (χ0n) is 12.2. The number of alkyl halides is 1. The smallest absolute Gasteiger partial charge is 0.160 e. The molecule has 2 aromatic heterocycles. The minimum atomic E-state index is -0.137. The number of imidazole rings is 1. The number of benzene rings is 1. The predicted octanol–water partition coefficient (Wildman–Crippen LogP) is 4.53. The van der Waals surface area contributed by atoms with Crippen LogP contribution in [0, 0.1) is 0 Å². The Morgan fingerprint density at radius 2 is 1.86 bits per heavy atom. The van der Waals surface area contributed by atoms with E-state index in [1.165, 1.54) is 5.56 Å². The lowest BCUT2D eigenvalue weighted by Gasteiger charge is -2.16. The SMILES string of the molecule is CC(Cl)c1nc2cccnc2n1CC(C)c1ccccc1. The van der Waals surface area contributed by atoms with E-state index in [0.717, 1.165) is 23.5 Å². The van der Waals surface area contributed by atoms with Crippen LogP contribution in [0.3, 0.4) is 0 Å². The number of hydrogen-bond acceptors (Lipinski definition) is 2. The first-order valence-electron chi connectivity index (χ1n) is 7.17. The van der Waals surface area contributed by atoms with Gasteiger partial charge in [0, 0.05) is 12.7 Å². The Hall–Kier alpha value is -1.87. The number of nitrogens with zero attached hydrogens (tertiary/aromatic N) is 3. The number of aromatic nitrogens is 3. The fourth-order valence-electron chi connectivity index (χ4n) is 2.62. The lowest BCUT2D eigenvalue weighted by atomic mass is 10.0. The highest BCUT2D eigenvalue weighted by molar-refractivity contribution is 6.20. The third-order valence-corrected chi connectivity index (χ3v) is 3.91. The van der Waals surface area contributed by atoms with Gasteiger partial charge in [0.1, 0.15) is 11.3 Å². The summed E-state index contributed by atoms with van der Waals surface area (Å²) in [5, 5.41) is -0.137. The summed E-state index contributed by atoms with van der Waals surface area (Å²) in [4.78, 5) is 9.10. The largest absolute Gasteiger partial charge is 0.311 e. The molecule has 0 saturated carbocycles. The van der Waals surface area contributed by atoms with Crippen molar-refractivity contribution < 1.29 is 0 Å². The number of rotatable bonds is 4. The van der Waals surface area contributed by atoms with Gasteiger partial charge in [-0.25, -0.2) is 9.97 Å².